The van der Waals surface area contributed by atoms with Gasteiger partial charge in [0.25, 0.3) is 0 Å². The minimum absolute atomic E-state index is 0.129. The maximum atomic E-state index is 6.05. The zero-order valence-corrected chi connectivity index (χ0v) is 17.8. The molecule has 2 atom stereocenters. The number of hydrogen-bond acceptors (Lipinski definition) is 3. The summed E-state index contributed by atoms with van der Waals surface area (Å²) >= 11 is 0. The van der Waals surface area contributed by atoms with E-state index in [-0.39, 0.29) is 5.54 Å². The minimum atomic E-state index is 0.129. The maximum absolute atomic E-state index is 6.05. The number of likely N-dealkylation sites (tertiary alicyclic amines) is 1. The highest BCUT2D eigenvalue weighted by atomic mass is 16.5. The summed E-state index contributed by atoms with van der Waals surface area (Å²) in [6, 6.07) is 25.1. The number of para-hydroxylation sites is 1. The first-order chi connectivity index (χ1) is 14.8. The van der Waals surface area contributed by atoms with Gasteiger partial charge in [0, 0.05) is 38.5 Å². The molecule has 2 heterocycles. The van der Waals surface area contributed by atoms with Gasteiger partial charge in [0.1, 0.15) is 0 Å². The van der Waals surface area contributed by atoms with Crippen LogP contribution in [0.4, 0.5) is 5.69 Å². The van der Waals surface area contributed by atoms with E-state index in [1.165, 1.54) is 40.4 Å². The van der Waals surface area contributed by atoms with Crippen molar-refractivity contribution in [1.82, 2.24) is 4.90 Å². The van der Waals surface area contributed by atoms with Gasteiger partial charge in [-0.1, -0.05) is 54.6 Å². The fourth-order valence-corrected chi connectivity index (χ4v) is 6.60. The molecule has 0 radical (unpaired) electrons. The minimum Gasteiger partial charge on any atom is -0.379 e. The van der Waals surface area contributed by atoms with Gasteiger partial charge in [0.05, 0.1) is 11.6 Å². The Hall–Kier alpha value is -2.36. The Labute approximate surface area is 179 Å². The largest absolute Gasteiger partial charge is 0.379 e. The molecular formula is C27H30N2O. The van der Waals surface area contributed by atoms with E-state index in [0.717, 1.165) is 32.5 Å². The van der Waals surface area contributed by atoms with E-state index in [4.69, 9.17) is 4.74 Å². The third-order valence-electron chi connectivity index (χ3n) is 8.00. The molecule has 1 spiro atoms. The smallest absolute Gasteiger partial charge is 0.0820 e. The van der Waals surface area contributed by atoms with E-state index in [9.17, 15) is 0 Å². The highest BCUT2D eigenvalue weighted by Gasteiger charge is 2.51. The van der Waals surface area contributed by atoms with Crippen LogP contribution >= 0.6 is 0 Å². The van der Waals surface area contributed by atoms with Crippen molar-refractivity contribution in [2.45, 2.75) is 43.4 Å². The van der Waals surface area contributed by atoms with Crippen LogP contribution in [0.2, 0.25) is 0 Å². The van der Waals surface area contributed by atoms with Crippen molar-refractivity contribution in [3.8, 4) is 0 Å². The SMILES string of the molecule is COC1CCN(c2ccccc2)C12CCN(C1Cc3cccc4cccc1c34)CC2. The lowest BCUT2D eigenvalue weighted by Gasteiger charge is -2.49. The zero-order chi connectivity index (χ0) is 20.1. The second-order valence-electron chi connectivity index (χ2n) is 9.22. The summed E-state index contributed by atoms with van der Waals surface area (Å²) in [7, 11) is 1.90. The quantitative estimate of drug-likeness (QED) is 0.603. The van der Waals surface area contributed by atoms with Gasteiger partial charge in [-0.05, 0) is 59.7 Å². The summed E-state index contributed by atoms with van der Waals surface area (Å²) in [5.74, 6) is 0. The second-order valence-corrected chi connectivity index (χ2v) is 9.22. The van der Waals surface area contributed by atoms with Gasteiger partial charge in [0.2, 0.25) is 0 Å². The van der Waals surface area contributed by atoms with Crippen LogP contribution in [0.25, 0.3) is 10.8 Å². The summed E-state index contributed by atoms with van der Waals surface area (Å²) in [6.07, 6.45) is 4.94. The molecule has 154 valence electrons. The molecule has 0 saturated carbocycles. The number of piperidine rings is 1. The average molecular weight is 399 g/mol. The summed E-state index contributed by atoms with van der Waals surface area (Å²) in [5.41, 5.74) is 4.54. The van der Waals surface area contributed by atoms with E-state index >= 15 is 0 Å². The van der Waals surface area contributed by atoms with Crippen molar-refractivity contribution in [1.29, 1.82) is 0 Å². The van der Waals surface area contributed by atoms with Gasteiger partial charge in [0.15, 0.2) is 0 Å². The lowest BCUT2D eigenvalue weighted by atomic mass is 9.81. The molecule has 0 amide bonds. The molecule has 3 aliphatic rings. The number of benzene rings is 3. The molecule has 3 nitrogen and oxygen atoms in total. The molecule has 0 aromatic heterocycles. The second kappa shape index (κ2) is 7.11. The highest BCUT2D eigenvalue weighted by molar-refractivity contribution is 5.91. The van der Waals surface area contributed by atoms with Crippen molar-refractivity contribution in [2.24, 2.45) is 0 Å². The monoisotopic (exact) mass is 398 g/mol. The van der Waals surface area contributed by atoms with Crippen LogP contribution in [0, 0.1) is 0 Å². The van der Waals surface area contributed by atoms with Crippen LogP contribution in [-0.4, -0.2) is 43.3 Å². The first-order valence-electron chi connectivity index (χ1n) is 11.4. The van der Waals surface area contributed by atoms with E-state index < -0.39 is 0 Å². The van der Waals surface area contributed by atoms with Crippen LogP contribution in [0.3, 0.4) is 0 Å². The van der Waals surface area contributed by atoms with Gasteiger partial charge < -0.3 is 9.64 Å². The van der Waals surface area contributed by atoms with E-state index in [0.29, 0.717) is 12.1 Å². The molecule has 0 bridgehead atoms. The highest BCUT2D eigenvalue weighted by Crippen LogP contribution is 2.46. The number of rotatable bonds is 3. The Morgan fingerprint density at radius 2 is 1.63 bits per heavy atom. The van der Waals surface area contributed by atoms with Crippen molar-refractivity contribution in [2.75, 3.05) is 31.6 Å². The molecule has 1 aliphatic carbocycles. The maximum Gasteiger partial charge on any atom is 0.0820 e. The predicted molar refractivity (Wildman–Crippen MR) is 123 cm³/mol. The Balaban J connectivity index is 1.28. The summed E-state index contributed by atoms with van der Waals surface area (Å²) in [6.45, 7) is 3.37. The van der Waals surface area contributed by atoms with Gasteiger partial charge in [-0.15, -0.1) is 0 Å². The molecule has 6 rings (SSSR count). The topological polar surface area (TPSA) is 15.7 Å². The molecule has 2 aliphatic heterocycles. The molecule has 30 heavy (non-hydrogen) atoms. The van der Waals surface area contributed by atoms with Crippen LogP contribution in [0.1, 0.15) is 36.4 Å². The summed E-state index contributed by atoms with van der Waals surface area (Å²) in [4.78, 5) is 5.40. The van der Waals surface area contributed by atoms with Crippen LogP contribution in [0.5, 0.6) is 0 Å². The van der Waals surface area contributed by atoms with Crippen molar-refractivity contribution in [3.05, 3.63) is 77.9 Å². The third-order valence-corrected chi connectivity index (χ3v) is 8.00. The molecule has 3 aromatic carbocycles. The van der Waals surface area contributed by atoms with Gasteiger partial charge in [-0.25, -0.2) is 0 Å². The standard InChI is InChI=1S/C27H30N2O/c1-30-25-13-16-29(22-10-3-2-4-11-22)27(25)14-17-28(18-15-27)24-19-21-9-5-7-20-8-6-12-23(24)26(20)21/h2-12,24-25H,13-19H2,1H3. The zero-order valence-electron chi connectivity index (χ0n) is 17.8. The third kappa shape index (κ3) is 2.65. The van der Waals surface area contributed by atoms with Crippen LogP contribution < -0.4 is 4.90 Å². The first kappa shape index (κ1) is 18.4. The normalized spacial score (nSPS) is 25.4. The van der Waals surface area contributed by atoms with Crippen LogP contribution in [-0.2, 0) is 11.2 Å². The summed E-state index contributed by atoms with van der Waals surface area (Å²) in [5, 5.41) is 2.90. The Morgan fingerprint density at radius 3 is 2.40 bits per heavy atom. The number of methoxy groups -OCH3 is 1. The molecular weight excluding hydrogens is 368 g/mol. The fraction of sp³-hybridized carbons (Fsp3) is 0.407. The van der Waals surface area contributed by atoms with Crippen molar-refractivity contribution in [3.63, 3.8) is 0 Å². The van der Waals surface area contributed by atoms with Gasteiger partial charge in [-0.2, -0.15) is 0 Å². The fourth-order valence-electron chi connectivity index (χ4n) is 6.60. The van der Waals surface area contributed by atoms with Gasteiger partial charge in [-0.3, -0.25) is 4.90 Å². The lowest BCUT2D eigenvalue weighted by molar-refractivity contribution is 0.0124. The Bertz CT molecular complexity index is 1050. The molecule has 2 fully saturated rings. The molecule has 2 unspecified atom stereocenters. The average Bonchev–Trinajstić information content (AvgIpc) is 3.35. The number of hydrogen-bond donors (Lipinski definition) is 0. The Morgan fingerprint density at radius 1 is 0.867 bits per heavy atom. The van der Waals surface area contributed by atoms with E-state index in [1.54, 1.807) is 0 Å². The van der Waals surface area contributed by atoms with E-state index in [1.807, 2.05) is 7.11 Å². The van der Waals surface area contributed by atoms with Crippen LogP contribution in [0.15, 0.2) is 66.7 Å². The van der Waals surface area contributed by atoms with Gasteiger partial charge >= 0.3 is 0 Å². The van der Waals surface area contributed by atoms with Crippen molar-refractivity contribution < 1.29 is 4.74 Å². The lowest BCUT2D eigenvalue weighted by Crippen LogP contribution is -2.58. The molecule has 0 N–H and O–H groups in total. The van der Waals surface area contributed by atoms with E-state index in [2.05, 4.69) is 76.5 Å². The first-order valence-corrected chi connectivity index (χ1v) is 11.4. The molecule has 2 saturated heterocycles. The molecule has 3 heteroatoms. The molecule has 3 aromatic rings. The van der Waals surface area contributed by atoms with Crippen molar-refractivity contribution >= 4 is 16.5 Å². The summed E-state index contributed by atoms with van der Waals surface area (Å²) < 4.78 is 6.05. The number of anilines is 1. The number of ether oxygens (including phenoxy) is 1. The Kier molecular flexibility index (Phi) is 4.36. The predicted octanol–water partition coefficient (Wildman–Crippen LogP) is 5.20. The number of nitrogens with zero attached hydrogens (tertiary/aromatic N) is 2.